The Labute approximate surface area is 112 Å². The van der Waals surface area contributed by atoms with Crippen LogP contribution in [-0.4, -0.2) is 42.6 Å². The van der Waals surface area contributed by atoms with Gasteiger partial charge in [0.05, 0.1) is 12.5 Å². The van der Waals surface area contributed by atoms with Crippen LogP contribution in [0.3, 0.4) is 0 Å². The lowest BCUT2D eigenvalue weighted by Crippen LogP contribution is -2.43. The number of ether oxygens (including phenoxy) is 1. The molecule has 0 bridgehead atoms. The SMILES string of the molecule is COc1ccc(C(C)(C)C(=O)N(C)CC(=O)O)cc1. The van der Waals surface area contributed by atoms with Crippen molar-refractivity contribution in [3.05, 3.63) is 29.8 Å². The Bertz CT molecular complexity index is 465. The van der Waals surface area contributed by atoms with Gasteiger partial charge < -0.3 is 14.7 Å². The van der Waals surface area contributed by atoms with E-state index in [4.69, 9.17) is 9.84 Å². The first-order valence-electron chi connectivity index (χ1n) is 5.91. The highest BCUT2D eigenvalue weighted by Crippen LogP contribution is 2.27. The summed E-state index contributed by atoms with van der Waals surface area (Å²) in [5, 5.41) is 8.73. The van der Waals surface area contributed by atoms with Gasteiger partial charge in [0.25, 0.3) is 0 Å². The smallest absolute Gasteiger partial charge is 0.323 e. The Morgan fingerprint density at radius 1 is 1.26 bits per heavy atom. The summed E-state index contributed by atoms with van der Waals surface area (Å²) in [6.07, 6.45) is 0. The van der Waals surface area contributed by atoms with Gasteiger partial charge >= 0.3 is 5.97 Å². The van der Waals surface area contributed by atoms with E-state index in [0.717, 1.165) is 5.56 Å². The van der Waals surface area contributed by atoms with Crippen LogP contribution in [0.5, 0.6) is 5.75 Å². The number of hydrogen-bond donors (Lipinski definition) is 1. The fourth-order valence-corrected chi connectivity index (χ4v) is 1.88. The monoisotopic (exact) mass is 265 g/mol. The minimum atomic E-state index is -1.03. The van der Waals surface area contributed by atoms with Crippen molar-refractivity contribution in [1.29, 1.82) is 0 Å². The van der Waals surface area contributed by atoms with Crippen LogP contribution in [0, 0.1) is 0 Å². The normalized spacial score (nSPS) is 10.9. The van der Waals surface area contributed by atoms with Gasteiger partial charge in [0, 0.05) is 7.05 Å². The molecule has 1 N–H and O–H groups in total. The van der Waals surface area contributed by atoms with Crippen molar-refractivity contribution in [1.82, 2.24) is 4.90 Å². The quantitative estimate of drug-likeness (QED) is 0.876. The van der Waals surface area contributed by atoms with Gasteiger partial charge in [-0.1, -0.05) is 12.1 Å². The van der Waals surface area contributed by atoms with Gasteiger partial charge in [0.2, 0.25) is 5.91 Å². The molecule has 5 heteroatoms. The number of benzene rings is 1. The first-order chi connectivity index (χ1) is 8.78. The first kappa shape index (κ1) is 15.0. The maximum absolute atomic E-state index is 12.3. The van der Waals surface area contributed by atoms with E-state index in [2.05, 4.69) is 0 Å². The number of carboxylic acid groups (broad SMARTS) is 1. The Hall–Kier alpha value is -2.04. The number of carbonyl (C=O) groups excluding carboxylic acids is 1. The predicted octanol–water partition coefficient (Wildman–Crippen LogP) is 1.52. The molecule has 0 radical (unpaired) electrons. The van der Waals surface area contributed by atoms with E-state index in [1.165, 1.54) is 11.9 Å². The molecule has 1 aromatic carbocycles. The molecule has 0 fully saturated rings. The lowest BCUT2D eigenvalue weighted by molar-refractivity contribution is -0.145. The topological polar surface area (TPSA) is 66.8 Å². The van der Waals surface area contributed by atoms with Crippen LogP contribution >= 0.6 is 0 Å². The zero-order valence-corrected chi connectivity index (χ0v) is 11.6. The number of aliphatic carboxylic acids is 1. The van der Waals surface area contributed by atoms with Crippen molar-refractivity contribution in [2.24, 2.45) is 0 Å². The molecule has 5 nitrogen and oxygen atoms in total. The lowest BCUT2D eigenvalue weighted by atomic mass is 9.83. The molecule has 0 aromatic heterocycles. The van der Waals surface area contributed by atoms with Crippen molar-refractivity contribution >= 4 is 11.9 Å². The molecule has 0 saturated carbocycles. The molecule has 0 aliphatic carbocycles. The van der Waals surface area contributed by atoms with Crippen LogP contribution < -0.4 is 4.74 Å². The molecule has 1 aromatic rings. The van der Waals surface area contributed by atoms with E-state index in [1.807, 2.05) is 12.1 Å². The number of carboxylic acids is 1. The highest BCUT2D eigenvalue weighted by Gasteiger charge is 2.32. The molecule has 104 valence electrons. The molecule has 0 saturated heterocycles. The lowest BCUT2D eigenvalue weighted by Gasteiger charge is -2.29. The standard InChI is InChI=1S/C14H19NO4/c1-14(2,13(18)15(3)9-12(16)17)10-5-7-11(19-4)8-6-10/h5-8H,9H2,1-4H3,(H,16,17). The second-order valence-electron chi connectivity index (χ2n) is 4.91. The largest absolute Gasteiger partial charge is 0.497 e. The second kappa shape index (κ2) is 5.73. The minimum Gasteiger partial charge on any atom is -0.497 e. The maximum atomic E-state index is 12.3. The third kappa shape index (κ3) is 3.47. The Kier molecular flexibility index (Phi) is 4.53. The van der Waals surface area contributed by atoms with Crippen molar-refractivity contribution in [3.63, 3.8) is 0 Å². The molecule has 0 aliphatic heterocycles. The molecule has 0 heterocycles. The molecular formula is C14H19NO4. The van der Waals surface area contributed by atoms with E-state index < -0.39 is 11.4 Å². The number of nitrogens with zero attached hydrogens (tertiary/aromatic N) is 1. The van der Waals surface area contributed by atoms with Gasteiger partial charge in [-0.15, -0.1) is 0 Å². The number of hydrogen-bond acceptors (Lipinski definition) is 3. The number of likely N-dealkylation sites (N-methyl/N-ethyl adjacent to an activating group) is 1. The van der Waals surface area contributed by atoms with Gasteiger partial charge in [-0.25, -0.2) is 0 Å². The molecule has 0 spiro atoms. The predicted molar refractivity (Wildman–Crippen MR) is 71.3 cm³/mol. The number of carbonyl (C=O) groups is 2. The number of rotatable bonds is 5. The van der Waals surface area contributed by atoms with Crippen LogP contribution in [0.15, 0.2) is 24.3 Å². The number of amides is 1. The van der Waals surface area contributed by atoms with Crippen LogP contribution in [0.25, 0.3) is 0 Å². The van der Waals surface area contributed by atoms with Crippen molar-refractivity contribution in [2.75, 3.05) is 20.7 Å². The van der Waals surface area contributed by atoms with Crippen molar-refractivity contribution in [3.8, 4) is 5.75 Å². The molecule has 1 amide bonds. The average Bonchev–Trinajstić information content (AvgIpc) is 2.37. The summed E-state index contributed by atoms with van der Waals surface area (Å²) < 4.78 is 5.07. The second-order valence-corrected chi connectivity index (χ2v) is 4.91. The first-order valence-corrected chi connectivity index (χ1v) is 5.91. The van der Waals surface area contributed by atoms with Crippen LogP contribution in [0.1, 0.15) is 19.4 Å². The summed E-state index contributed by atoms with van der Waals surface area (Å²) in [6, 6.07) is 7.18. The summed E-state index contributed by atoms with van der Waals surface area (Å²) in [7, 11) is 3.06. The van der Waals surface area contributed by atoms with Crippen molar-refractivity contribution < 1.29 is 19.4 Å². The van der Waals surface area contributed by atoms with Gasteiger partial charge in [0.15, 0.2) is 0 Å². The van der Waals surface area contributed by atoms with Gasteiger partial charge in [-0.05, 0) is 31.5 Å². The molecule has 1 rings (SSSR count). The summed E-state index contributed by atoms with van der Waals surface area (Å²) in [5.41, 5.74) is 0.0340. The maximum Gasteiger partial charge on any atom is 0.323 e. The van der Waals surface area contributed by atoms with Crippen molar-refractivity contribution in [2.45, 2.75) is 19.3 Å². The van der Waals surface area contributed by atoms with E-state index in [-0.39, 0.29) is 12.5 Å². The summed E-state index contributed by atoms with van der Waals surface area (Å²) in [4.78, 5) is 24.2. The van der Waals surface area contributed by atoms with E-state index in [0.29, 0.717) is 5.75 Å². The van der Waals surface area contributed by atoms with Gasteiger partial charge in [-0.2, -0.15) is 0 Å². The highest BCUT2D eigenvalue weighted by molar-refractivity contribution is 5.89. The molecule has 19 heavy (non-hydrogen) atoms. The third-order valence-corrected chi connectivity index (χ3v) is 3.07. The summed E-state index contributed by atoms with van der Waals surface area (Å²) in [5.74, 6) is -0.549. The Balaban J connectivity index is 2.94. The minimum absolute atomic E-state index is 0.236. The Morgan fingerprint density at radius 3 is 2.21 bits per heavy atom. The van der Waals surface area contributed by atoms with E-state index >= 15 is 0 Å². The zero-order valence-electron chi connectivity index (χ0n) is 11.6. The molecular weight excluding hydrogens is 246 g/mol. The average molecular weight is 265 g/mol. The summed E-state index contributed by atoms with van der Waals surface area (Å²) in [6.45, 7) is 3.24. The van der Waals surface area contributed by atoms with Gasteiger partial charge in [-0.3, -0.25) is 9.59 Å². The number of methoxy groups -OCH3 is 1. The summed E-state index contributed by atoms with van der Waals surface area (Å²) >= 11 is 0. The zero-order chi connectivity index (χ0) is 14.6. The van der Waals surface area contributed by atoms with Crippen LogP contribution in [0.4, 0.5) is 0 Å². The molecule has 0 aliphatic rings. The fourth-order valence-electron chi connectivity index (χ4n) is 1.88. The van der Waals surface area contributed by atoms with E-state index in [1.54, 1.807) is 33.1 Å². The fraction of sp³-hybridized carbons (Fsp3) is 0.429. The third-order valence-electron chi connectivity index (χ3n) is 3.07. The molecule has 0 atom stereocenters. The van der Waals surface area contributed by atoms with Gasteiger partial charge in [0.1, 0.15) is 12.3 Å². The highest BCUT2D eigenvalue weighted by atomic mass is 16.5. The van der Waals surface area contributed by atoms with Crippen LogP contribution in [0.2, 0.25) is 0 Å². The van der Waals surface area contributed by atoms with E-state index in [9.17, 15) is 9.59 Å². The van der Waals surface area contributed by atoms with Crippen LogP contribution in [-0.2, 0) is 15.0 Å². The Morgan fingerprint density at radius 2 is 1.79 bits per heavy atom. The molecule has 0 unspecified atom stereocenters.